The van der Waals surface area contributed by atoms with E-state index in [0.29, 0.717) is 5.56 Å². The van der Waals surface area contributed by atoms with Crippen molar-refractivity contribution in [2.75, 3.05) is 6.54 Å². The lowest BCUT2D eigenvalue weighted by atomic mass is 10.0. The van der Waals surface area contributed by atoms with Crippen LogP contribution in [0.2, 0.25) is 0 Å². The number of H-pyrrole nitrogens is 1. The first kappa shape index (κ1) is 15.9. The number of nitrogens with one attached hydrogen (secondary N) is 2. The molecule has 0 aliphatic carbocycles. The molecule has 0 fully saturated rings. The van der Waals surface area contributed by atoms with E-state index in [9.17, 15) is 4.79 Å². The number of carbonyl (C=O) groups excluding carboxylic acids is 1. The Hall–Kier alpha value is -2.63. The number of nitrogens with zero attached hydrogens (tertiary/aromatic N) is 1. The van der Waals surface area contributed by atoms with Crippen molar-refractivity contribution in [2.45, 2.75) is 26.4 Å². The Morgan fingerprint density at radius 3 is 2.80 bits per heavy atom. The predicted molar refractivity (Wildman–Crippen MR) is 96.5 cm³/mol. The van der Waals surface area contributed by atoms with E-state index in [2.05, 4.69) is 35.0 Å². The second-order valence-corrected chi connectivity index (χ2v) is 6.73. The smallest absolute Gasteiger partial charge is 0.274 e. The van der Waals surface area contributed by atoms with Crippen molar-refractivity contribution >= 4 is 16.8 Å². The summed E-state index contributed by atoms with van der Waals surface area (Å²) >= 11 is 0. The zero-order valence-corrected chi connectivity index (χ0v) is 14.2. The number of hydrogen-bond acceptors (Lipinski definition) is 3. The number of fused-ring (bicyclic) bond motifs is 3. The van der Waals surface area contributed by atoms with Crippen LogP contribution in [0.5, 0.6) is 0 Å². The fourth-order valence-electron chi connectivity index (χ4n) is 3.60. The van der Waals surface area contributed by atoms with Gasteiger partial charge in [0.05, 0.1) is 0 Å². The van der Waals surface area contributed by atoms with E-state index < -0.39 is 5.91 Å². The number of benzene rings is 2. The molecule has 0 spiro atoms. The van der Waals surface area contributed by atoms with E-state index in [4.69, 9.17) is 5.21 Å². The Bertz CT molecular complexity index is 928. The zero-order valence-electron chi connectivity index (χ0n) is 14.2. The van der Waals surface area contributed by atoms with Gasteiger partial charge in [-0.3, -0.25) is 14.9 Å². The maximum atomic E-state index is 11.4. The second kappa shape index (κ2) is 6.35. The number of aromatic amines is 1. The quantitative estimate of drug-likeness (QED) is 0.509. The summed E-state index contributed by atoms with van der Waals surface area (Å²) in [5.74, 6) is -0.483. The standard InChI is InChI=1S/C20H21N3O2/c1-13-2-7-18-16(10-13)17-12-23(9-8-19(17)21-18)11-14-3-5-15(6-4-14)20(24)22-25/h2-7,10,21,25H,8-9,11-12H2,1H3,(H,22,24). The van der Waals surface area contributed by atoms with E-state index in [1.165, 1.54) is 27.7 Å². The molecule has 1 amide bonds. The average Bonchev–Trinajstić information content (AvgIpc) is 2.99. The molecular formula is C20H21N3O2. The van der Waals surface area contributed by atoms with E-state index >= 15 is 0 Å². The van der Waals surface area contributed by atoms with Crippen LogP contribution in [0, 0.1) is 6.92 Å². The Kier molecular flexibility index (Phi) is 4.03. The molecule has 0 radical (unpaired) electrons. The molecule has 2 heterocycles. The van der Waals surface area contributed by atoms with Gasteiger partial charge < -0.3 is 4.98 Å². The minimum Gasteiger partial charge on any atom is -0.358 e. The highest BCUT2D eigenvalue weighted by Crippen LogP contribution is 2.29. The number of hydroxylamine groups is 1. The van der Waals surface area contributed by atoms with Crippen molar-refractivity contribution in [3.8, 4) is 0 Å². The van der Waals surface area contributed by atoms with Gasteiger partial charge in [0.15, 0.2) is 0 Å². The van der Waals surface area contributed by atoms with Crippen molar-refractivity contribution in [3.05, 3.63) is 70.4 Å². The van der Waals surface area contributed by atoms with Crippen molar-refractivity contribution in [3.63, 3.8) is 0 Å². The average molecular weight is 335 g/mol. The van der Waals surface area contributed by atoms with Crippen LogP contribution in [0.3, 0.4) is 0 Å². The molecule has 2 aromatic carbocycles. The van der Waals surface area contributed by atoms with E-state index in [1.807, 2.05) is 12.1 Å². The van der Waals surface area contributed by atoms with Crippen LogP contribution in [0.25, 0.3) is 10.9 Å². The summed E-state index contributed by atoms with van der Waals surface area (Å²) in [7, 11) is 0. The third kappa shape index (κ3) is 3.04. The highest BCUT2D eigenvalue weighted by molar-refractivity contribution is 5.93. The largest absolute Gasteiger partial charge is 0.358 e. The summed E-state index contributed by atoms with van der Waals surface area (Å²) in [5.41, 5.74) is 8.54. The summed E-state index contributed by atoms with van der Waals surface area (Å²) in [4.78, 5) is 17.4. The van der Waals surface area contributed by atoms with Gasteiger partial charge >= 0.3 is 0 Å². The lowest BCUT2D eigenvalue weighted by Gasteiger charge is -2.27. The number of hydrogen-bond donors (Lipinski definition) is 3. The maximum Gasteiger partial charge on any atom is 0.274 e. The molecule has 1 aliphatic heterocycles. The van der Waals surface area contributed by atoms with Gasteiger partial charge in [-0.2, -0.15) is 0 Å². The lowest BCUT2D eigenvalue weighted by Crippen LogP contribution is -2.29. The lowest BCUT2D eigenvalue weighted by molar-refractivity contribution is 0.0706. The Balaban J connectivity index is 1.53. The van der Waals surface area contributed by atoms with Crippen LogP contribution in [0.4, 0.5) is 0 Å². The first-order chi connectivity index (χ1) is 12.1. The van der Waals surface area contributed by atoms with Crippen LogP contribution in [-0.2, 0) is 19.5 Å². The summed E-state index contributed by atoms with van der Waals surface area (Å²) in [6.45, 7) is 4.91. The second-order valence-electron chi connectivity index (χ2n) is 6.73. The number of aromatic nitrogens is 1. The third-order valence-electron chi connectivity index (χ3n) is 4.93. The molecule has 25 heavy (non-hydrogen) atoms. The topological polar surface area (TPSA) is 68.4 Å². The van der Waals surface area contributed by atoms with Crippen LogP contribution >= 0.6 is 0 Å². The SMILES string of the molecule is Cc1ccc2[nH]c3c(c2c1)CN(Cc1ccc(C(=O)NO)cc1)CC3. The Morgan fingerprint density at radius 1 is 1.24 bits per heavy atom. The minimum atomic E-state index is -0.483. The van der Waals surface area contributed by atoms with Crippen LogP contribution in [0.15, 0.2) is 42.5 Å². The van der Waals surface area contributed by atoms with Gasteiger partial charge in [-0.05, 0) is 42.3 Å². The molecule has 0 atom stereocenters. The van der Waals surface area contributed by atoms with Crippen LogP contribution in [-0.4, -0.2) is 27.5 Å². The molecule has 4 rings (SSSR count). The molecule has 5 nitrogen and oxygen atoms in total. The van der Waals surface area contributed by atoms with E-state index in [1.54, 1.807) is 17.6 Å². The van der Waals surface area contributed by atoms with Crippen molar-refractivity contribution in [1.82, 2.24) is 15.4 Å². The molecule has 1 aromatic heterocycles. The summed E-state index contributed by atoms with van der Waals surface area (Å²) in [6, 6.07) is 13.9. The number of amides is 1. The van der Waals surface area contributed by atoms with E-state index in [0.717, 1.165) is 31.6 Å². The fourth-order valence-corrected chi connectivity index (χ4v) is 3.60. The van der Waals surface area contributed by atoms with Crippen LogP contribution in [0.1, 0.15) is 32.7 Å². The van der Waals surface area contributed by atoms with Crippen LogP contribution < -0.4 is 5.48 Å². The molecule has 0 saturated heterocycles. The van der Waals surface area contributed by atoms with Crippen molar-refractivity contribution in [1.29, 1.82) is 0 Å². The predicted octanol–water partition coefficient (Wildman–Crippen LogP) is 3.15. The Morgan fingerprint density at radius 2 is 2.04 bits per heavy atom. The highest BCUT2D eigenvalue weighted by Gasteiger charge is 2.20. The van der Waals surface area contributed by atoms with Gasteiger partial charge in [0.25, 0.3) is 5.91 Å². The van der Waals surface area contributed by atoms with Gasteiger partial charge in [0, 0.05) is 48.2 Å². The molecule has 1 aliphatic rings. The van der Waals surface area contributed by atoms with Gasteiger partial charge in [0.1, 0.15) is 0 Å². The van der Waals surface area contributed by atoms with E-state index in [-0.39, 0.29) is 0 Å². The van der Waals surface area contributed by atoms with Gasteiger partial charge in [-0.15, -0.1) is 0 Å². The molecule has 0 saturated carbocycles. The van der Waals surface area contributed by atoms with Crippen molar-refractivity contribution < 1.29 is 10.0 Å². The first-order valence-corrected chi connectivity index (χ1v) is 8.50. The zero-order chi connectivity index (χ0) is 17.4. The molecule has 3 N–H and O–H groups in total. The normalized spacial score (nSPS) is 14.5. The summed E-state index contributed by atoms with van der Waals surface area (Å²) in [6.07, 6.45) is 1.02. The first-order valence-electron chi connectivity index (χ1n) is 8.50. The molecule has 128 valence electrons. The van der Waals surface area contributed by atoms with Gasteiger partial charge in [-0.25, -0.2) is 5.48 Å². The third-order valence-corrected chi connectivity index (χ3v) is 4.93. The monoisotopic (exact) mass is 335 g/mol. The summed E-state index contributed by atoms with van der Waals surface area (Å²) in [5, 5.41) is 10.0. The minimum absolute atomic E-state index is 0.458. The molecule has 5 heteroatoms. The van der Waals surface area contributed by atoms with Crippen molar-refractivity contribution in [2.24, 2.45) is 0 Å². The number of rotatable bonds is 3. The van der Waals surface area contributed by atoms with Gasteiger partial charge in [-0.1, -0.05) is 23.8 Å². The molecular weight excluding hydrogens is 314 g/mol. The van der Waals surface area contributed by atoms with Gasteiger partial charge in [0.2, 0.25) is 0 Å². The fraction of sp³-hybridized carbons (Fsp3) is 0.250. The molecule has 0 unspecified atom stereocenters. The number of carbonyl (C=O) groups is 1. The molecule has 3 aromatic rings. The Labute approximate surface area is 146 Å². The maximum absolute atomic E-state index is 11.4. The highest BCUT2D eigenvalue weighted by atomic mass is 16.5. The molecule has 0 bridgehead atoms. The summed E-state index contributed by atoms with van der Waals surface area (Å²) < 4.78 is 0. The number of aryl methyl sites for hydroxylation is 1.